The molecule has 0 unspecified atom stereocenters. The lowest BCUT2D eigenvalue weighted by Gasteiger charge is -2.29. The highest BCUT2D eigenvalue weighted by atomic mass is 15.2. The molecule has 0 amide bonds. The predicted molar refractivity (Wildman–Crippen MR) is 87.8 cm³/mol. The molecule has 4 heteroatoms. The van der Waals surface area contributed by atoms with Gasteiger partial charge in [-0.05, 0) is 65.1 Å². The zero-order valence-electron chi connectivity index (χ0n) is 13.6. The molecule has 0 atom stereocenters. The van der Waals surface area contributed by atoms with Crippen LogP contribution in [0.4, 0.5) is 5.95 Å². The van der Waals surface area contributed by atoms with Gasteiger partial charge in [0.2, 0.25) is 5.95 Å². The molecule has 2 heterocycles. The first-order chi connectivity index (χ1) is 10.2. The Hall–Kier alpha value is -1.03. The molecule has 4 nitrogen and oxygen atoms in total. The van der Waals surface area contributed by atoms with Crippen molar-refractivity contribution in [3.8, 4) is 0 Å². The molecular formula is C17H30N4. The Balaban J connectivity index is 1.50. The molecule has 118 valence electrons. The van der Waals surface area contributed by atoms with Crippen LogP contribution < -0.4 is 5.32 Å². The number of aryl methyl sites for hydroxylation is 1. The number of piperidine rings is 1. The highest BCUT2D eigenvalue weighted by Crippen LogP contribution is 2.32. The molecule has 1 aliphatic heterocycles. The van der Waals surface area contributed by atoms with Crippen molar-refractivity contribution in [3.63, 3.8) is 0 Å². The van der Waals surface area contributed by atoms with E-state index in [2.05, 4.69) is 35.0 Å². The molecule has 1 saturated carbocycles. The van der Waals surface area contributed by atoms with E-state index in [9.17, 15) is 0 Å². The van der Waals surface area contributed by atoms with Crippen LogP contribution in [0.15, 0.2) is 6.20 Å². The van der Waals surface area contributed by atoms with E-state index in [0.29, 0.717) is 6.04 Å². The Morgan fingerprint density at radius 3 is 2.62 bits per heavy atom. The Bertz CT molecular complexity index is 440. The first kappa shape index (κ1) is 14.9. The molecule has 3 rings (SSSR count). The molecule has 1 N–H and O–H groups in total. The number of anilines is 1. The second-order valence-corrected chi connectivity index (χ2v) is 7.01. The van der Waals surface area contributed by atoms with Crippen LogP contribution in [0.3, 0.4) is 0 Å². The van der Waals surface area contributed by atoms with Gasteiger partial charge in [0, 0.05) is 18.8 Å². The summed E-state index contributed by atoms with van der Waals surface area (Å²) in [4.78, 5) is 7.14. The second kappa shape index (κ2) is 6.82. The van der Waals surface area contributed by atoms with Crippen LogP contribution in [0.2, 0.25) is 0 Å². The van der Waals surface area contributed by atoms with Crippen LogP contribution in [0, 0.1) is 12.8 Å². The summed E-state index contributed by atoms with van der Waals surface area (Å²) in [5.41, 5.74) is 1.14. The summed E-state index contributed by atoms with van der Waals surface area (Å²) in [6.45, 7) is 5.70. The lowest BCUT2D eigenvalue weighted by molar-refractivity contribution is 0.215. The van der Waals surface area contributed by atoms with Crippen molar-refractivity contribution in [2.45, 2.75) is 57.9 Å². The van der Waals surface area contributed by atoms with Gasteiger partial charge in [0.25, 0.3) is 0 Å². The van der Waals surface area contributed by atoms with Gasteiger partial charge in [-0.15, -0.1) is 0 Å². The third-order valence-corrected chi connectivity index (χ3v) is 5.24. The van der Waals surface area contributed by atoms with E-state index in [1.807, 2.05) is 0 Å². The van der Waals surface area contributed by atoms with Crippen molar-refractivity contribution >= 4 is 5.95 Å². The Morgan fingerprint density at radius 2 is 1.90 bits per heavy atom. The normalized spacial score (nSPS) is 22.0. The fraction of sp³-hybridized carbons (Fsp3) is 0.824. The van der Waals surface area contributed by atoms with Crippen LogP contribution in [-0.4, -0.2) is 41.1 Å². The van der Waals surface area contributed by atoms with Crippen molar-refractivity contribution in [2.24, 2.45) is 5.92 Å². The lowest BCUT2D eigenvalue weighted by Crippen LogP contribution is -2.31. The van der Waals surface area contributed by atoms with Crippen molar-refractivity contribution < 1.29 is 0 Å². The van der Waals surface area contributed by atoms with E-state index in [-0.39, 0.29) is 0 Å². The number of imidazole rings is 1. The monoisotopic (exact) mass is 290 g/mol. The largest absolute Gasteiger partial charge is 0.356 e. The van der Waals surface area contributed by atoms with Gasteiger partial charge in [-0.25, -0.2) is 4.98 Å². The van der Waals surface area contributed by atoms with E-state index in [4.69, 9.17) is 4.98 Å². The molecular weight excluding hydrogens is 260 g/mol. The molecule has 0 radical (unpaired) electrons. The van der Waals surface area contributed by atoms with E-state index in [1.165, 1.54) is 58.0 Å². The Labute approximate surface area is 128 Å². The first-order valence-corrected chi connectivity index (χ1v) is 8.70. The average molecular weight is 290 g/mol. The minimum absolute atomic E-state index is 0.678. The van der Waals surface area contributed by atoms with Crippen molar-refractivity contribution in [2.75, 3.05) is 32.0 Å². The SMILES string of the molecule is Cc1cn(C2CCCC2)c(NCCC2CCN(C)CC2)n1. The second-order valence-electron chi connectivity index (χ2n) is 7.01. The Kier molecular flexibility index (Phi) is 4.84. The van der Waals surface area contributed by atoms with E-state index < -0.39 is 0 Å². The number of rotatable bonds is 5. The summed E-state index contributed by atoms with van der Waals surface area (Å²) in [5, 5.41) is 3.61. The summed E-state index contributed by atoms with van der Waals surface area (Å²) >= 11 is 0. The third-order valence-electron chi connectivity index (χ3n) is 5.24. The van der Waals surface area contributed by atoms with Gasteiger partial charge in [0.15, 0.2) is 0 Å². The quantitative estimate of drug-likeness (QED) is 0.901. The van der Waals surface area contributed by atoms with Crippen LogP contribution >= 0.6 is 0 Å². The van der Waals surface area contributed by atoms with Gasteiger partial charge >= 0.3 is 0 Å². The van der Waals surface area contributed by atoms with Crippen molar-refractivity contribution in [1.29, 1.82) is 0 Å². The fourth-order valence-corrected chi connectivity index (χ4v) is 3.85. The minimum Gasteiger partial charge on any atom is -0.356 e. The number of likely N-dealkylation sites (tertiary alicyclic amines) is 1. The van der Waals surface area contributed by atoms with Gasteiger partial charge in [0.05, 0.1) is 5.69 Å². The molecule has 1 saturated heterocycles. The number of aromatic nitrogens is 2. The zero-order chi connectivity index (χ0) is 14.7. The number of nitrogens with zero attached hydrogens (tertiary/aromatic N) is 3. The molecule has 21 heavy (non-hydrogen) atoms. The molecule has 2 aliphatic rings. The van der Waals surface area contributed by atoms with Gasteiger partial charge in [0.1, 0.15) is 0 Å². The average Bonchev–Trinajstić information content (AvgIpc) is 3.10. The summed E-state index contributed by atoms with van der Waals surface area (Å²) in [7, 11) is 2.23. The van der Waals surface area contributed by atoms with E-state index in [1.54, 1.807) is 0 Å². The highest BCUT2D eigenvalue weighted by molar-refractivity contribution is 5.29. The maximum atomic E-state index is 4.69. The van der Waals surface area contributed by atoms with Gasteiger partial charge in [-0.2, -0.15) is 0 Å². The molecule has 0 spiro atoms. The molecule has 1 aliphatic carbocycles. The lowest BCUT2D eigenvalue weighted by atomic mass is 9.94. The number of hydrogen-bond acceptors (Lipinski definition) is 3. The van der Waals surface area contributed by atoms with Crippen molar-refractivity contribution in [1.82, 2.24) is 14.5 Å². The maximum Gasteiger partial charge on any atom is 0.203 e. The summed E-state index contributed by atoms with van der Waals surface area (Å²) in [6, 6.07) is 0.678. The van der Waals surface area contributed by atoms with E-state index in [0.717, 1.165) is 24.1 Å². The van der Waals surface area contributed by atoms with Gasteiger partial charge in [-0.3, -0.25) is 0 Å². The topological polar surface area (TPSA) is 33.1 Å². The predicted octanol–water partition coefficient (Wildman–Crippen LogP) is 3.45. The van der Waals surface area contributed by atoms with Crippen LogP contribution in [0.1, 0.15) is 56.7 Å². The zero-order valence-corrected chi connectivity index (χ0v) is 13.6. The molecule has 2 fully saturated rings. The number of nitrogens with one attached hydrogen (secondary N) is 1. The fourth-order valence-electron chi connectivity index (χ4n) is 3.85. The standard InChI is InChI=1S/C17H30N4/c1-14-13-21(16-5-3-4-6-16)17(19-14)18-10-7-15-8-11-20(2)12-9-15/h13,15-16H,3-12H2,1-2H3,(H,18,19). The first-order valence-electron chi connectivity index (χ1n) is 8.70. The third kappa shape index (κ3) is 3.79. The molecule has 1 aromatic heterocycles. The highest BCUT2D eigenvalue weighted by Gasteiger charge is 2.20. The van der Waals surface area contributed by atoms with Crippen LogP contribution in [-0.2, 0) is 0 Å². The van der Waals surface area contributed by atoms with Crippen LogP contribution in [0.5, 0.6) is 0 Å². The maximum absolute atomic E-state index is 4.69. The van der Waals surface area contributed by atoms with Gasteiger partial charge < -0.3 is 14.8 Å². The minimum atomic E-state index is 0.678. The van der Waals surface area contributed by atoms with Crippen molar-refractivity contribution in [3.05, 3.63) is 11.9 Å². The summed E-state index contributed by atoms with van der Waals surface area (Å²) in [6.07, 6.45) is 11.6. The van der Waals surface area contributed by atoms with Crippen LogP contribution in [0.25, 0.3) is 0 Å². The molecule has 1 aromatic rings. The number of hydrogen-bond donors (Lipinski definition) is 1. The van der Waals surface area contributed by atoms with Gasteiger partial charge in [-0.1, -0.05) is 12.8 Å². The molecule has 0 aromatic carbocycles. The van der Waals surface area contributed by atoms with E-state index >= 15 is 0 Å². The Morgan fingerprint density at radius 1 is 1.19 bits per heavy atom. The summed E-state index contributed by atoms with van der Waals surface area (Å²) in [5.74, 6) is 2.00. The molecule has 0 bridgehead atoms. The smallest absolute Gasteiger partial charge is 0.203 e. The summed E-state index contributed by atoms with van der Waals surface area (Å²) < 4.78 is 2.40.